The van der Waals surface area contributed by atoms with Crippen LogP contribution in [0, 0.1) is 5.92 Å². The van der Waals surface area contributed by atoms with E-state index in [9.17, 15) is 4.79 Å². The van der Waals surface area contributed by atoms with E-state index in [1.807, 2.05) is 0 Å². The van der Waals surface area contributed by atoms with E-state index in [1.165, 1.54) is 12.3 Å². The fraction of sp³-hybridized carbons (Fsp3) is 0.600. The Morgan fingerprint density at radius 1 is 1.53 bits per heavy atom. The molecule has 1 rings (SSSR count). The summed E-state index contributed by atoms with van der Waals surface area (Å²) in [5, 5.41) is 8.46. The summed E-state index contributed by atoms with van der Waals surface area (Å²) < 4.78 is 5.21. The number of aliphatic carboxylic acids is 1. The predicted molar refractivity (Wildman–Crippen MR) is 56.8 cm³/mol. The van der Waals surface area contributed by atoms with E-state index >= 15 is 0 Å². The van der Waals surface area contributed by atoms with Crippen LogP contribution >= 0.6 is 0 Å². The summed E-state index contributed by atoms with van der Waals surface area (Å²) in [6.07, 6.45) is 4.81. The SMILES string of the molecule is NC(=CC=NCC1CCOCC1)C(=O)O. The minimum atomic E-state index is -1.12. The largest absolute Gasteiger partial charge is 0.477 e. The molecule has 1 fully saturated rings. The van der Waals surface area contributed by atoms with E-state index in [0.29, 0.717) is 12.5 Å². The van der Waals surface area contributed by atoms with Gasteiger partial charge in [-0.25, -0.2) is 4.79 Å². The van der Waals surface area contributed by atoms with Crippen LogP contribution in [0.3, 0.4) is 0 Å². The van der Waals surface area contributed by atoms with Crippen molar-refractivity contribution in [3.05, 3.63) is 11.8 Å². The topological polar surface area (TPSA) is 84.9 Å². The van der Waals surface area contributed by atoms with Crippen LogP contribution < -0.4 is 5.73 Å². The lowest BCUT2D eigenvalue weighted by atomic mass is 10.0. The Bertz CT molecular complexity index is 268. The lowest BCUT2D eigenvalue weighted by Crippen LogP contribution is -2.17. The number of allylic oxidation sites excluding steroid dienone is 1. The number of carboxylic acids is 1. The third kappa shape index (κ3) is 4.60. The van der Waals surface area contributed by atoms with Crippen molar-refractivity contribution in [2.45, 2.75) is 12.8 Å². The number of rotatable bonds is 4. The van der Waals surface area contributed by atoms with Crippen LogP contribution in [0.2, 0.25) is 0 Å². The average Bonchev–Trinajstić information content (AvgIpc) is 2.25. The number of aliphatic imine (C=N–C) groups is 1. The maximum Gasteiger partial charge on any atom is 0.351 e. The summed E-state index contributed by atoms with van der Waals surface area (Å²) >= 11 is 0. The van der Waals surface area contributed by atoms with Gasteiger partial charge >= 0.3 is 5.97 Å². The summed E-state index contributed by atoms with van der Waals surface area (Å²) in [4.78, 5) is 14.4. The molecule has 84 valence electrons. The van der Waals surface area contributed by atoms with Crippen LogP contribution in [-0.2, 0) is 9.53 Å². The Morgan fingerprint density at radius 3 is 2.80 bits per heavy atom. The van der Waals surface area contributed by atoms with Gasteiger partial charge in [-0.3, -0.25) is 4.99 Å². The molecule has 5 heteroatoms. The average molecular weight is 212 g/mol. The quantitative estimate of drug-likeness (QED) is 0.522. The maximum absolute atomic E-state index is 10.3. The summed E-state index contributed by atoms with van der Waals surface area (Å²) in [5.74, 6) is -0.568. The Kier molecular flexibility index (Phi) is 4.83. The van der Waals surface area contributed by atoms with Crippen LogP contribution in [0.5, 0.6) is 0 Å². The molecule has 0 aliphatic carbocycles. The second kappa shape index (κ2) is 6.19. The highest BCUT2D eigenvalue weighted by Crippen LogP contribution is 2.14. The summed E-state index contributed by atoms with van der Waals surface area (Å²) in [5.41, 5.74) is 5.00. The lowest BCUT2D eigenvalue weighted by Gasteiger charge is -2.19. The molecule has 0 saturated carbocycles. The third-order valence-electron chi connectivity index (χ3n) is 2.31. The molecule has 0 amide bonds. The molecule has 1 aliphatic heterocycles. The number of ether oxygens (including phenoxy) is 1. The van der Waals surface area contributed by atoms with Crippen LogP contribution in [0.4, 0.5) is 0 Å². The zero-order valence-electron chi connectivity index (χ0n) is 8.56. The van der Waals surface area contributed by atoms with E-state index in [1.54, 1.807) is 0 Å². The van der Waals surface area contributed by atoms with E-state index < -0.39 is 5.97 Å². The maximum atomic E-state index is 10.3. The molecule has 0 aromatic carbocycles. The fourth-order valence-electron chi connectivity index (χ4n) is 1.34. The highest BCUT2D eigenvalue weighted by atomic mass is 16.5. The zero-order chi connectivity index (χ0) is 11.1. The molecule has 0 atom stereocenters. The van der Waals surface area contributed by atoms with Crippen molar-refractivity contribution >= 4 is 12.2 Å². The van der Waals surface area contributed by atoms with Crippen molar-refractivity contribution in [1.82, 2.24) is 0 Å². The van der Waals surface area contributed by atoms with Gasteiger partial charge in [-0.2, -0.15) is 0 Å². The first-order chi connectivity index (χ1) is 7.20. The molecule has 0 spiro atoms. The molecule has 15 heavy (non-hydrogen) atoms. The molecule has 0 radical (unpaired) electrons. The molecular weight excluding hydrogens is 196 g/mol. The van der Waals surface area contributed by atoms with E-state index in [0.717, 1.165) is 26.1 Å². The number of nitrogens with two attached hydrogens (primary N) is 1. The van der Waals surface area contributed by atoms with Gasteiger partial charge in [0.2, 0.25) is 0 Å². The molecule has 0 aromatic rings. The zero-order valence-corrected chi connectivity index (χ0v) is 8.56. The van der Waals surface area contributed by atoms with Gasteiger partial charge < -0.3 is 15.6 Å². The van der Waals surface area contributed by atoms with Gasteiger partial charge in [0.15, 0.2) is 0 Å². The van der Waals surface area contributed by atoms with Crippen LogP contribution in [-0.4, -0.2) is 37.0 Å². The van der Waals surface area contributed by atoms with Gasteiger partial charge in [0.25, 0.3) is 0 Å². The number of carbonyl (C=O) groups is 1. The second-order valence-electron chi connectivity index (χ2n) is 3.50. The number of nitrogens with zero attached hydrogens (tertiary/aromatic N) is 1. The fourth-order valence-corrected chi connectivity index (χ4v) is 1.34. The van der Waals surface area contributed by atoms with Gasteiger partial charge in [0, 0.05) is 26.0 Å². The van der Waals surface area contributed by atoms with Crippen molar-refractivity contribution in [3.63, 3.8) is 0 Å². The van der Waals surface area contributed by atoms with Gasteiger partial charge in [0.1, 0.15) is 5.70 Å². The van der Waals surface area contributed by atoms with Crippen LogP contribution in [0.1, 0.15) is 12.8 Å². The van der Waals surface area contributed by atoms with Crippen LogP contribution in [0.25, 0.3) is 0 Å². The van der Waals surface area contributed by atoms with E-state index in [-0.39, 0.29) is 5.70 Å². The molecule has 0 bridgehead atoms. The van der Waals surface area contributed by atoms with E-state index in [2.05, 4.69) is 4.99 Å². The summed E-state index contributed by atoms with van der Waals surface area (Å²) in [6.45, 7) is 2.31. The van der Waals surface area contributed by atoms with E-state index in [4.69, 9.17) is 15.6 Å². The van der Waals surface area contributed by atoms with Gasteiger partial charge in [-0.15, -0.1) is 0 Å². The lowest BCUT2D eigenvalue weighted by molar-refractivity contribution is -0.132. The standard InChI is InChI=1S/C10H16N2O3/c11-9(10(13)14)1-4-12-7-8-2-5-15-6-3-8/h1,4,8H,2-3,5-7,11H2,(H,13,14). The molecule has 3 N–H and O–H groups in total. The molecule has 5 nitrogen and oxygen atoms in total. The van der Waals surface area contributed by atoms with Crippen molar-refractivity contribution in [2.24, 2.45) is 16.6 Å². The smallest absolute Gasteiger partial charge is 0.351 e. The minimum Gasteiger partial charge on any atom is -0.477 e. The third-order valence-corrected chi connectivity index (χ3v) is 2.31. The van der Waals surface area contributed by atoms with Crippen molar-refractivity contribution in [1.29, 1.82) is 0 Å². The molecule has 1 aliphatic rings. The van der Waals surface area contributed by atoms with Crippen molar-refractivity contribution < 1.29 is 14.6 Å². The number of hydrogen-bond donors (Lipinski definition) is 2. The first kappa shape index (κ1) is 11.7. The molecule has 1 saturated heterocycles. The summed E-state index contributed by atoms with van der Waals surface area (Å²) in [6, 6.07) is 0. The molecule has 0 aromatic heterocycles. The Labute approximate surface area is 88.6 Å². The first-order valence-electron chi connectivity index (χ1n) is 4.96. The van der Waals surface area contributed by atoms with Gasteiger partial charge in [-0.1, -0.05) is 0 Å². The van der Waals surface area contributed by atoms with Gasteiger partial charge in [-0.05, 0) is 24.8 Å². The number of carboxylic acid groups (broad SMARTS) is 1. The molecule has 0 unspecified atom stereocenters. The number of hydrogen-bond acceptors (Lipinski definition) is 4. The highest BCUT2D eigenvalue weighted by molar-refractivity contribution is 5.91. The second-order valence-corrected chi connectivity index (χ2v) is 3.50. The van der Waals surface area contributed by atoms with Crippen molar-refractivity contribution in [2.75, 3.05) is 19.8 Å². The predicted octanol–water partition coefficient (Wildman–Crippen LogP) is 0.411. The minimum absolute atomic E-state index is 0.189. The Balaban J connectivity index is 2.26. The molecule has 1 heterocycles. The monoisotopic (exact) mass is 212 g/mol. The Hall–Kier alpha value is -1.36. The normalized spacial score (nSPS) is 19.6. The molecular formula is C10H16N2O3. The summed E-state index contributed by atoms with van der Waals surface area (Å²) in [7, 11) is 0. The van der Waals surface area contributed by atoms with Crippen LogP contribution in [0.15, 0.2) is 16.8 Å². The van der Waals surface area contributed by atoms with Gasteiger partial charge in [0.05, 0.1) is 0 Å². The highest BCUT2D eigenvalue weighted by Gasteiger charge is 2.12. The Morgan fingerprint density at radius 2 is 2.20 bits per heavy atom. The van der Waals surface area contributed by atoms with Crippen molar-refractivity contribution in [3.8, 4) is 0 Å². The first-order valence-corrected chi connectivity index (χ1v) is 4.96.